The van der Waals surface area contributed by atoms with Crippen LogP contribution in [0.25, 0.3) is 21.9 Å². The normalized spacial score (nSPS) is 10.9. The van der Waals surface area contributed by atoms with Gasteiger partial charge in [-0.1, -0.05) is 55.1 Å². The van der Waals surface area contributed by atoms with E-state index in [-0.39, 0.29) is 17.8 Å². The maximum absolute atomic E-state index is 12.5. The zero-order valence-electron chi connectivity index (χ0n) is 19.9. The molecular weight excluding hydrogens is 420 g/mol. The fourth-order valence-electron chi connectivity index (χ4n) is 4.13. The van der Waals surface area contributed by atoms with Crippen LogP contribution in [-0.4, -0.2) is 16.9 Å². The summed E-state index contributed by atoms with van der Waals surface area (Å²) in [5, 5.41) is 8.79. The molecule has 4 rings (SSSR count). The van der Waals surface area contributed by atoms with Crippen LogP contribution in [0.5, 0.6) is 0 Å². The monoisotopic (exact) mass is 450 g/mol. The molecule has 0 aliphatic rings. The molecule has 1 aromatic heterocycles. The molecule has 5 nitrogen and oxygen atoms in total. The molecule has 1 amide bonds. The average molecular weight is 451 g/mol. The molecule has 0 fully saturated rings. The summed E-state index contributed by atoms with van der Waals surface area (Å²) in [6.07, 6.45) is 2.44. The number of carbonyl (C=O) groups is 1. The number of carbonyl (C=O) groups excluding carboxylic acids is 1. The maximum Gasteiger partial charge on any atom is 0.255 e. The van der Waals surface area contributed by atoms with Gasteiger partial charge in [-0.15, -0.1) is 0 Å². The van der Waals surface area contributed by atoms with E-state index in [9.17, 15) is 4.79 Å². The molecule has 0 saturated carbocycles. The van der Waals surface area contributed by atoms with Gasteiger partial charge in [0, 0.05) is 35.6 Å². The number of hydrogen-bond donors (Lipinski definition) is 3. The van der Waals surface area contributed by atoms with Crippen LogP contribution >= 0.6 is 0 Å². The van der Waals surface area contributed by atoms with E-state index in [1.807, 2.05) is 32.9 Å². The van der Waals surface area contributed by atoms with Crippen molar-refractivity contribution in [3.63, 3.8) is 0 Å². The van der Waals surface area contributed by atoms with Crippen LogP contribution in [0.1, 0.15) is 35.3 Å². The molecule has 0 radical (unpaired) electrons. The number of aromatic nitrogens is 1. The first-order valence-electron chi connectivity index (χ1n) is 11.4. The van der Waals surface area contributed by atoms with Crippen LogP contribution < -0.4 is 16.4 Å². The van der Waals surface area contributed by atoms with Crippen LogP contribution in [-0.2, 0) is 6.42 Å². The summed E-state index contributed by atoms with van der Waals surface area (Å²) in [4.78, 5) is 16.8. The van der Waals surface area contributed by atoms with Crippen LogP contribution in [0, 0.1) is 6.92 Å². The number of allylic oxidation sites excluding steroid dienone is 1. The first-order valence-corrected chi connectivity index (χ1v) is 11.4. The van der Waals surface area contributed by atoms with Gasteiger partial charge >= 0.3 is 0 Å². The predicted octanol–water partition coefficient (Wildman–Crippen LogP) is 6.10. The first-order chi connectivity index (χ1) is 16.3. The number of nitrogen functional groups attached to an aromatic ring is 1. The number of anilines is 2. The Labute approximate surface area is 200 Å². The highest BCUT2D eigenvalue weighted by molar-refractivity contribution is 5.99. The van der Waals surface area contributed by atoms with Crippen molar-refractivity contribution in [3.8, 4) is 11.1 Å². The van der Waals surface area contributed by atoms with E-state index in [2.05, 4.69) is 70.7 Å². The number of aryl methyl sites for hydroxylation is 1. The second-order valence-corrected chi connectivity index (χ2v) is 8.86. The summed E-state index contributed by atoms with van der Waals surface area (Å²) in [5.74, 6) is 0.00472. The lowest BCUT2D eigenvalue weighted by Gasteiger charge is -2.15. The van der Waals surface area contributed by atoms with Crippen molar-refractivity contribution in [1.29, 1.82) is 0 Å². The zero-order chi connectivity index (χ0) is 24.2. The Morgan fingerprint density at radius 1 is 1.06 bits per heavy atom. The van der Waals surface area contributed by atoms with Crippen LogP contribution in [0.2, 0.25) is 0 Å². The zero-order valence-corrected chi connectivity index (χ0v) is 19.9. The third-order valence-corrected chi connectivity index (χ3v) is 5.73. The molecule has 34 heavy (non-hydrogen) atoms. The number of amides is 1. The predicted molar refractivity (Wildman–Crippen MR) is 142 cm³/mol. The van der Waals surface area contributed by atoms with Crippen LogP contribution in [0.3, 0.4) is 0 Å². The maximum atomic E-state index is 12.5. The lowest BCUT2D eigenvalue weighted by Crippen LogP contribution is -2.30. The molecule has 1 heterocycles. The molecule has 0 bridgehead atoms. The average Bonchev–Trinajstić information content (AvgIpc) is 2.79. The SMILES string of the molecule is C=C(Cc1cccc2ccccc12)Nc1ccc(-c2cnc(N)c(C(=O)NC(C)C)c2)c(C)c1. The molecule has 5 heteroatoms. The van der Waals surface area contributed by atoms with Gasteiger partial charge < -0.3 is 16.4 Å². The quantitative estimate of drug-likeness (QED) is 0.318. The van der Waals surface area contributed by atoms with Crippen molar-refractivity contribution < 1.29 is 4.79 Å². The van der Waals surface area contributed by atoms with Gasteiger partial charge in [-0.3, -0.25) is 4.79 Å². The molecule has 172 valence electrons. The van der Waals surface area contributed by atoms with E-state index < -0.39 is 0 Å². The van der Waals surface area contributed by atoms with E-state index in [4.69, 9.17) is 5.73 Å². The number of nitrogens with two attached hydrogens (primary N) is 1. The molecule has 0 unspecified atom stereocenters. The highest BCUT2D eigenvalue weighted by Crippen LogP contribution is 2.28. The molecule has 0 aliphatic heterocycles. The Bertz CT molecular complexity index is 1370. The van der Waals surface area contributed by atoms with Crippen molar-refractivity contribution in [3.05, 3.63) is 102 Å². The van der Waals surface area contributed by atoms with Gasteiger partial charge in [0.25, 0.3) is 5.91 Å². The van der Waals surface area contributed by atoms with Crippen molar-refractivity contribution in [2.24, 2.45) is 0 Å². The van der Waals surface area contributed by atoms with E-state index in [1.54, 1.807) is 12.3 Å². The van der Waals surface area contributed by atoms with Crippen molar-refractivity contribution in [2.45, 2.75) is 33.2 Å². The lowest BCUT2D eigenvalue weighted by atomic mass is 9.99. The summed E-state index contributed by atoms with van der Waals surface area (Å²) in [6.45, 7) is 10.1. The molecule has 3 aromatic carbocycles. The van der Waals surface area contributed by atoms with E-state index >= 15 is 0 Å². The highest BCUT2D eigenvalue weighted by Gasteiger charge is 2.14. The van der Waals surface area contributed by atoms with Crippen LogP contribution in [0.15, 0.2) is 85.2 Å². The first kappa shape index (κ1) is 23.1. The van der Waals surface area contributed by atoms with Crippen molar-refractivity contribution in [1.82, 2.24) is 10.3 Å². The van der Waals surface area contributed by atoms with E-state index in [0.29, 0.717) is 5.56 Å². The molecule has 0 saturated heterocycles. The molecule has 4 aromatic rings. The fraction of sp³-hybridized carbons (Fsp3) is 0.172. The van der Waals surface area contributed by atoms with Gasteiger partial charge in [-0.05, 0) is 66.4 Å². The topological polar surface area (TPSA) is 80.0 Å². The number of benzene rings is 3. The fourth-order valence-corrected chi connectivity index (χ4v) is 4.13. The van der Waals surface area contributed by atoms with Gasteiger partial charge in [0.2, 0.25) is 0 Å². The van der Waals surface area contributed by atoms with Gasteiger partial charge in [-0.25, -0.2) is 4.98 Å². The lowest BCUT2D eigenvalue weighted by molar-refractivity contribution is 0.0944. The number of nitrogens with one attached hydrogen (secondary N) is 2. The number of fused-ring (bicyclic) bond motifs is 1. The Morgan fingerprint density at radius 2 is 1.82 bits per heavy atom. The van der Waals surface area contributed by atoms with E-state index in [0.717, 1.165) is 34.5 Å². The molecule has 0 aliphatic carbocycles. The van der Waals surface area contributed by atoms with Crippen LogP contribution in [0.4, 0.5) is 11.5 Å². The number of hydrogen-bond acceptors (Lipinski definition) is 4. The second kappa shape index (κ2) is 9.79. The summed E-state index contributed by atoms with van der Waals surface area (Å²) < 4.78 is 0. The number of rotatable bonds is 7. The Kier molecular flexibility index (Phi) is 6.64. The Balaban J connectivity index is 1.52. The van der Waals surface area contributed by atoms with Gasteiger partial charge in [0.05, 0.1) is 5.56 Å². The van der Waals surface area contributed by atoms with Crippen molar-refractivity contribution in [2.75, 3.05) is 11.1 Å². The third kappa shape index (κ3) is 5.09. The smallest absolute Gasteiger partial charge is 0.255 e. The minimum Gasteiger partial charge on any atom is -0.383 e. The molecule has 4 N–H and O–H groups in total. The summed E-state index contributed by atoms with van der Waals surface area (Å²) in [7, 11) is 0. The van der Waals surface area contributed by atoms with Gasteiger partial charge in [0.15, 0.2) is 0 Å². The number of pyridine rings is 1. The third-order valence-electron chi connectivity index (χ3n) is 5.73. The molecular formula is C29H30N4O. The van der Waals surface area contributed by atoms with Crippen molar-refractivity contribution >= 4 is 28.2 Å². The van der Waals surface area contributed by atoms with Gasteiger partial charge in [0.1, 0.15) is 5.82 Å². The van der Waals surface area contributed by atoms with Gasteiger partial charge in [-0.2, -0.15) is 0 Å². The summed E-state index contributed by atoms with van der Waals surface area (Å²) in [5.41, 5.74) is 12.4. The standard InChI is InChI=1S/C29H30N4O/c1-18(2)32-29(34)27-16-23(17-31-28(27)30)25-13-12-24(14-19(25)3)33-20(4)15-22-10-7-9-21-8-5-6-11-26(21)22/h5-14,16-18,33H,4,15H2,1-3H3,(H2,30,31)(H,32,34). The minimum atomic E-state index is -0.220. The highest BCUT2D eigenvalue weighted by atomic mass is 16.1. The Morgan fingerprint density at radius 3 is 2.59 bits per heavy atom. The largest absolute Gasteiger partial charge is 0.383 e. The molecule has 0 spiro atoms. The second-order valence-electron chi connectivity index (χ2n) is 8.86. The molecule has 0 atom stereocenters. The minimum absolute atomic E-state index is 0.0182. The summed E-state index contributed by atoms with van der Waals surface area (Å²) in [6, 6.07) is 22.7. The summed E-state index contributed by atoms with van der Waals surface area (Å²) >= 11 is 0. The van der Waals surface area contributed by atoms with E-state index in [1.165, 1.54) is 16.3 Å². The Hall–Kier alpha value is -4.12. The number of nitrogens with zero attached hydrogens (tertiary/aromatic N) is 1.